The average Bonchev–Trinajstić information content (AvgIpc) is 3.46. The second kappa shape index (κ2) is 8.43. The van der Waals surface area contributed by atoms with Gasteiger partial charge in [0.25, 0.3) is 5.91 Å². The first-order chi connectivity index (χ1) is 15.7. The third-order valence-electron chi connectivity index (χ3n) is 5.33. The van der Waals surface area contributed by atoms with Crippen molar-refractivity contribution in [3.8, 4) is 5.75 Å². The van der Waals surface area contributed by atoms with Crippen LogP contribution in [-0.2, 0) is 13.0 Å². The van der Waals surface area contributed by atoms with E-state index in [0.29, 0.717) is 16.5 Å². The zero-order valence-corrected chi connectivity index (χ0v) is 18.6. The summed E-state index contributed by atoms with van der Waals surface area (Å²) in [5.74, 6) is 0.548. The molecule has 160 valence electrons. The molecular formula is C25H21N3O3S. The maximum atomic E-state index is 13.7. The predicted molar refractivity (Wildman–Crippen MR) is 127 cm³/mol. The highest BCUT2D eigenvalue weighted by atomic mass is 32.1. The van der Waals surface area contributed by atoms with Crippen LogP contribution in [0.15, 0.2) is 71.3 Å². The predicted octanol–water partition coefficient (Wildman–Crippen LogP) is 5.86. The maximum absolute atomic E-state index is 13.7. The number of fused-ring (bicyclic) bond motifs is 2. The lowest BCUT2D eigenvalue weighted by atomic mass is 10.1. The van der Waals surface area contributed by atoms with Gasteiger partial charge in [0, 0.05) is 11.6 Å². The number of anilines is 1. The minimum absolute atomic E-state index is 0.232. The second-order valence-electron chi connectivity index (χ2n) is 7.32. The molecular weight excluding hydrogens is 422 g/mol. The Balaban J connectivity index is 1.61. The molecule has 5 rings (SSSR count). The fourth-order valence-electron chi connectivity index (χ4n) is 3.71. The topological polar surface area (TPSA) is 68.5 Å². The monoisotopic (exact) mass is 443 g/mol. The zero-order valence-electron chi connectivity index (χ0n) is 17.7. The van der Waals surface area contributed by atoms with Gasteiger partial charge in [-0.15, -0.1) is 0 Å². The van der Waals surface area contributed by atoms with E-state index >= 15 is 0 Å². The lowest BCUT2D eigenvalue weighted by Crippen LogP contribution is -2.30. The van der Waals surface area contributed by atoms with E-state index in [2.05, 4.69) is 18.0 Å². The molecule has 3 aromatic heterocycles. The van der Waals surface area contributed by atoms with Gasteiger partial charge in [0.15, 0.2) is 22.2 Å². The summed E-state index contributed by atoms with van der Waals surface area (Å²) in [6, 6.07) is 19.1. The number of hydrogen-bond acceptors (Lipinski definition) is 6. The van der Waals surface area contributed by atoms with E-state index in [0.717, 1.165) is 33.3 Å². The van der Waals surface area contributed by atoms with Gasteiger partial charge in [-0.25, -0.2) is 4.98 Å². The first-order valence-electron chi connectivity index (χ1n) is 10.3. The summed E-state index contributed by atoms with van der Waals surface area (Å²) in [6.45, 7) is 2.39. The normalized spacial score (nSPS) is 11.2. The number of furan rings is 1. The molecule has 6 nitrogen and oxygen atoms in total. The van der Waals surface area contributed by atoms with Gasteiger partial charge in [0.2, 0.25) is 0 Å². The second-order valence-corrected chi connectivity index (χ2v) is 8.32. The quantitative estimate of drug-likeness (QED) is 0.329. The molecule has 0 fully saturated rings. The van der Waals surface area contributed by atoms with E-state index < -0.39 is 0 Å². The molecule has 0 atom stereocenters. The number of nitrogens with zero attached hydrogens (tertiary/aromatic N) is 3. The van der Waals surface area contributed by atoms with E-state index in [4.69, 9.17) is 14.1 Å². The molecule has 7 heteroatoms. The van der Waals surface area contributed by atoms with Crippen LogP contribution in [0.3, 0.4) is 0 Å². The Labute approximate surface area is 189 Å². The summed E-state index contributed by atoms with van der Waals surface area (Å²) in [5.41, 5.74) is 3.40. The molecule has 0 saturated carbocycles. The van der Waals surface area contributed by atoms with Crippen LogP contribution in [-0.4, -0.2) is 23.0 Å². The number of aryl methyl sites for hydroxylation is 1. The molecule has 0 aliphatic rings. The Morgan fingerprint density at radius 3 is 2.78 bits per heavy atom. The van der Waals surface area contributed by atoms with Crippen LogP contribution >= 0.6 is 11.3 Å². The standard InChI is InChI=1S/C25H21N3O3S/c1-3-16-8-7-12-21-22(16)27-25(32-21)28(15-18-10-4-5-13-26-18)24(29)20-14-17-9-6-11-19(30-2)23(17)31-20/h4-14H,3,15H2,1-2H3. The van der Waals surface area contributed by atoms with Gasteiger partial charge in [0.1, 0.15) is 0 Å². The van der Waals surface area contributed by atoms with Gasteiger partial charge in [-0.05, 0) is 42.3 Å². The van der Waals surface area contributed by atoms with Gasteiger partial charge in [-0.3, -0.25) is 14.7 Å². The summed E-state index contributed by atoms with van der Waals surface area (Å²) >= 11 is 1.49. The number of ether oxygens (including phenoxy) is 1. The number of benzene rings is 2. The molecule has 0 saturated heterocycles. The van der Waals surface area contributed by atoms with E-state index in [1.807, 2.05) is 48.5 Å². The number of amides is 1. The minimum atomic E-state index is -0.272. The summed E-state index contributed by atoms with van der Waals surface area (Å²) in [6.07, 6.45) is 2.59. The van der Waals surface area contributed by atoms with Gasteiger partial charge in [-0.2, -0.15) is 0 Å². The molecule has 1 amide bonds. The van der Waals surface area contributed by atoms with Gasteiger partial charge in [-0.1, -0.05) is 48.6 Å². The SMILES string of the molecule is CCc1cccc2sc(N(Cc3ccccn3)C(=O)c3cc4cccc(OC)c4o3)nc12. The van der Waals surface area contributed by atoms with Crippen molar-refractivity contribution in [3.63, 3.8) is 0 Å². The Hall–Kier alpha value is -3.71. The van der Waals surface area contributed by atoms with Gasteiger partial charge < -0.3 is 9.15 Å². The van der Waals surface area contributed by atoms with Gasteiger partial charge >= 0.3 is 0 Å². The lowest BCUT2D eigenvalue weighted by Gasteiger charge is -2.18. The number of methoxy groups -OCH3 is 1. The first kappa shape index (κ1) is 20.2. The third-order valence-corrected chi connectivity index (χ3v) is 6.38. The van der Waals surface area contributed by atoms with Crippen molar-refractivity contribution in [3.05, 3.63) is 83.9 Å². The number of para-hydroxylation sites is 2. The number of aromatic nitrogens is 2. The Kier molecular flexibility index (Phi) is 5.33. The van der Waals surface area contributed by atoms with Crippen LogP contribution in [0.25, 0.3) is 21.2 Å². The molecule has 0 radical (unpaired) electrons. The van der Waals surface area contributed by atoms with Crippen LogP contribution in [0.4, 0.5) is 5.13 Å². The largest absolute Gasteiger partial charge is 0.493 e. The van der Waals surface area contributed by atoms with Crippen molar-refractivity contribution in [2.24, 2.45) is 0 Å². The van der Waals surface area contributed by atoms with Crippen LogP contribution < -0.4 is 9.64 Å². The minimum Gasteiger partial charge on any atom is -0.493 e. The molecule has 0 unspecified atom stereocenters. The third kappa shape index (κ3) is 3.61. The smallest absolute Gasteiger partial charge is 0.296 e. The number of carbonyl (C=O) groups is 1. The fraction of sp³-hybridized carbons (Fsp3) is 0.160. The molecule has 32 heavy (non-hydrogen) atoms. The zero-order chi connectivity index (χ0) is 22.1. The van der Waals surface area contributed by atoms with Crippen LogP contribution in [0.1, 0.15) is 28.7 Å². The van der Waals surface area contributed by atoms with Crippen molar-refractivity contribution in [1.82, 2.24) is 9.97 Å². The van der Waals surface area contributed by atoms with Crippen molar-refractivity contribution >= 4 is 43.6 Å². The number of thiazole rings is 1. The Morgan fingerprint density at radius 2 is 2.00 bits per heavy atom. The first-order valence-corrected chi connectivity index (χ1v) is 11.2. The van der Waals surface area contributed by atoms with Crippen molar-refractivity contribution in [1.29, 1.82) is 0 Å². The van der Waals surface area contributed by atoms with Crippen molar-refractivity contribution in [2.45, 2.75) is 19.9 Å². The highest BCUT2D eigenvalue weighted by Crippen LogP contribution is 2.34. The van der Waals surface area contributed by atoms with E-state index in [-0.39, 0.29) is 18.2 Å². The Morgan fingerprint density at radius 1 is 1.12 bits per heavy atom. The molecule has 0 bridgehead atoms. The molecule has 0 spiro atoms. The molecule has 0 N–H and O–H groups in total. The highest BCUT2D eigenvalue weighted by molar-refractivity contribution is 7.22. The Bertz CT molecular complexity index is 1410. The molecule has 5 aromatic rings. The summed E-state index contributed by atoms with van der Waals surface area (Å²) < 4.78 is 12.4. The summed E-state index contributed by atoms with van der Waals surface area (Å²) in [7, 11) is 1.58. The van der Waals surface area contributed by atoms with Crippen LogP contribution in [0.5, 0.6) is 5.75 Å². The van der Waals surface area contributed by atoms with E-state index in [1.54, 1.807) is 24.3 Å². The van der Waals surface area contributed by atoms with E-state index in [1.165, 1.54) is 11.3 Å². The lowest BCUT2D eigenvalue weighted by molar-refractivity contribution is 0.0960. The van der Waals surface area contributed by atoms with Crippen LogP contribution in [0, 0.1) is 0 Å². The molecule has 3 heterocycles. The van der Waals surface area contributed by atoms with E-state index in [9.17, 15) is 4.79 Å². The highest BCUT2D eigenvalue weighted by Gasteiger charge is 2.26. The average molecular weight is 444 g/mol. The number of pyridine rings is 1. The molecule has 2 aromatic carbocycles. The maximum Gasteiger partial charge on any atom is 0.296 e. The van der Waals surface area contributed by atoms with Crippen LogP contribution in [0.2, 0.25) is 0 Å². The number of carbonyl (C=O) groups excluding carboxylic acids is 1. The van der Waals surface area contributed by atoms with Gasteiger partial charge in [0.05, 0.1) is 29.6 Å². The van der Waals surface area contributed by atoms with Crippen molar-refractivity contribution < 1.29 is 13.9 Å². The number of rotatable bonds is 6. The fourth-order valence-corrected chi connectivity index (χ4v) is 4.72. The summed E-state index contributed by atoms with van der Waals surface area (Å²) in [4.78, 5) is 24.6. The molecule has 0 aliphatic carbocycles. The molecule has 0 aliphatic heterocycles. The van der Waals surface area contributed by atoms with Crippen molar-refractivity contribution in [2.75, 3.05) is 12.0 Å². The summed E-state index contributed by atoms with van der Waals surface area (Å²) in [5, 5.41) is 1.42. The number of hydrogen-bond donors (Lipinski definition) is 0.